The molecule has 3 aromatic rings. The highest BCUT2D eigenvalue weighted by Crippen LogP contribution is 2.39. The standard InChI is InChI=1S/C28H31N3O5S/c1-35-25-14-6-7-15-26(25)36-23-17-20-29(21-23)18-9-10-19-30-28(32)31(22-11-3-2-4-12-22)24-13-5-8-16-27(24)37(30,33)34/h2-8,11-16,23H,9-10,17-21H2,1H3. The number of benzene rings is 3. The number of methoxy groups -OCH3 is 1. The normalized spacial score (nSPS) is 19.1. The van der Waals surface area contributed by atoms with Crippen molar-refractivity contribution in [2.75, 3.05) is 38.2 Å². The molecular weight excluding hydrogens is 490 g/mol. The first-order valence-corrected chi connectivity index (χ1v) is 14.0. The number of carbonyl (C=O) groups is 1. The van der Waals surface area contributed by atoms with E-state index in [0.29, 0.717) is 17.8 Å². The smallest absolute Gasteiger partial charge is 0.343 e. The van der Waals surface area contributed by atoms with Gasteiger partial charge in [-0.05, 0) is 62.2 Å². The molecule has 0 N–H and O–H groups in total. The summed E-state index contributed by atoms with van der Waals surface area (Å²) in [6.07, 6.45) is 2.34. The average molecular weight is 522 g/mol. The van der Waals surface area contributed by atoms with Crippen LogP contribution in [0.2, 0.25) is 0 Å². The first-order valence-electron chi connectivity index (χ1n) is 12.5. The fourth-order valence-corrected chi connectivity index (χ4v) is 6.49. The quantitative estimate of drug-likeness (QED) is 0.373. The molecule has 1 saturated heterocycles. The van der Waals surface area contributed by atoms with Crippen LogP contribution in [0.25, 0.3) is 0 Å². The highest BCUT2D eigenvalue weighted by Gasteiger charge is 2.41. The van der Waals surface area contributed by atoms with Crippen LogP contribution in [0.5, 0.6) is 11.5 Å². The first kappa shape index (κ1) is 25.1. The molecule has 0 bridgehead atoms. The van der Waals surface area contributed by atoms with Crippen LogP contribution in [0.15, 0.2) is 83.8 Å². The molecule has 3 aromatic carbocycles. The van der Waals surface area contributed by atoms with Crippen LogP contribution in [-0.4, -0.2) is 63.0 Å². The van der Waals surface area contributed by atoms with Crippen molar-refractivity contribution in [1.82, 2.24) is 9.21 Å². The van der Waals surface area contributed by atoms with E-state index in [1.54, 1.807) is 31.4 Å². The molecule has 8 nitrogen and oxygen atoms in total. The molecule has 37 heavy (non-hydrogen) atoms. The first-order chi connectivity index (χ1) is 18.0. The minimum atomic E-state index is -3.93. The average Bonchev–Trinajstić information content (AvgIpc) is 3.36. The summed E-state index contributed by atoms with van der Waals surface area (Å²) >= 11 is 0. The number of sulfonamides is 1. The van der Waals surface area contributed by atoms with Crippen LogP contribution in [-0.2, 0) is 10.0 Å². The van der Waals surface area contributed by atoms with E-state index in [-0.39, 0.29) is 17.5 Å². The Morgan fingerprint density at radius 3 is 2.32 bits per heavy atom. The summed E-state index contributed by atoms with van der Waals surface area (Å²) in [5.41, 5.74) is 1.02. The van der Waals surface area contributed by atoms with Crippen LogP contribution >= 0.6 is 0 Å². The van der Waals surface area contributed by atoms with E-state index in [1.165, 1.54) is 4.90 Å². The van der Waals surface area contributed by atoms with Crippen molar-refractivity contribution < 1.29 is 22.7 Å². The van der Waals surface area contributed by atoms with Gasteiger partial charge < -0.3 is 9.47 Å². The van der Waals surface area contributed by atoms with Crippen molar-refractivity contribution in [3.05, 3.63) is 78.9 Å². The highest BCUT2D eigenvalue weighted by molar-refractivity contribution is 7.90. The Morgan fingerprint density at radius 2 is 1.54 bits per heavy atom. The van der Waals surface area contributed by atoms with Gasteiger partial charge in [0.1, 0.15) is 11.0 Å². The molecule has 194 valence electrons. The van der Waals surface area contributed by atoms with Gasteiger partial charge in [0, 0.05) is 19.6 Å². The van der Waals surface area contributed by atoms with Gasteiger partial charge in [0.15, 0.2) is 11.5 Å². The Labute approximate surface area is 218 Å². The lowest BCUT2D eigenvalue weighted by Crippen LogP contribution is -2.49. The van der Waals surface area contributed by atoms with Crippen molar-refractivity contribution in [2.24, 2.45) is 0 Å². The maximum atomic E-state index is 13.5. The van der Waals surface area contributed by atoms with E-state index in [1.807, 2.05) is 54.6 Å². The number of hydrogen-bond acceptors (Lipinski definition) is 6. The van der Waals surface area contributed by atoms with Gasteiger partial charge in [-0.1, -0.05) is 42.5 Å². The van der Waals surface area contributed by atoms with Crippen LogP contribution in [0.1, 0.15) is 19.3 Å². The second kappa shape index (κ2) is 10.8. The van der Waals surface area contributed by atoms with E-state index in [9.17, 15) is 13.2 Å². The molecule has 5 rings (SSSR count). The third-order valence-electron chi connectivity index (χ3n) is 6.77. The predicted octanol–water partition coefficient (Wildman–Crippen LogP) is 4.89. The fourth-order valence-electron chi connectivity index (χ4n) is 4.92. The molecule has 0 radical (unpaired) electrons. The second-order valence-corrected chi connectivity index (χ2v) is 11.0. The summed E-state index contributed by atoms with van der Waals surface area (Å²) in [7, 11) is -2.29. The van der Waals surface area contributed by atoms with E-state index in [0.717, 1.165) is 48.3 Å². The zero-order chi connectivity index (χ0) is 25.8. The molecule has 0 aliphatic carbocycles. The molecule has 0 spiro atoms. The fraction of sp³-hybridized carbons (Fsp3) is 0.321. The largest absolute Gasteiger partial charge is 0.493 e. The lowest BCUT2D eigenvalue weighted by molar-refractivity contribution is 0.191. The number of unbranched alkanes of at least 4 members (excludes halogenated alkanes) is 1. The molecule has 2 amide bonds. The summed E-state index contributed by atoms with van der Waals surface area (Å²) in [5, 5.41) is 0. The van der Waals surface area contributed by atoms with Gasteiger partial charge in [0.2, 0.25) is 0 Å². The van der Waals surface area contributed by atoms with Crippen LogP contribution in [0.4, 0.5) is 16.2 Å². The number of hydrogen-bond donors (Lipinski definition) is 0. The van der Waals surface area contributed by atoms with Crippen LogP contribution in [0.3, 0.4) is 0 Å². The number of nitrogens with zero attached hydrogens (tertiary/aromatic N) is 3. The Balaban J connectivity index is 1.20. The van der Waals surface area contributed by atoms with Crippen molar-refractivity contribution in [3.63, 3.8) is 0 Å². The summed E-state index contributed by atoms with van der Waals surface area (Å²) in [6, 6.07) is 22.9. The number of likely N-dealkylation sites (tertiary alicyclic amines) is 1. The molecule has 2 aliphatic heterocycles. The van der Waals surface area contributed by atoms with Gasteiger partial charge >= 0.3 is 6.03 Å². The number of rotatable bonds is 9. The Kier molecular flexibility index (Phi) is 7.34. The Hall–Kier alpha value is -3.56. The molecule has 0 saturated carbocycles. The molecule has 2 aliphatic rings. The summed E-state index contributed by atoms with van der Waals surface area (Å²) in [6.45, 7) is 2.66. The number of urea groups is 1. The van der Waals surface area contributed by atoms with Gasteiger partial charge in [0.05, 0.1) is 18.5 Å². The summed E-state index contributed by atoms with van der Waals surface area (Å²) < 4.78 is 39.3. The second-order valence-electron chi connectivity index (χ2n) is 9.19. The van der Waals surface area contributed by atoms with E-state index < -0.39 is 16.1 Å². The molecule has 9 heteroatoms. The number of fused-ring (bicyclic) bond motifs is 1. The lowest BCUT2D eigenvalue weighted by Gasteiger charge is -2.36. The topological polar surface area (TPSA) is 79.4 Å². The van der Waals surface area contributed by atoms with E-state index >= 15 is 0 Å². The number of amides is 2. The molecule has 2 heterocycles. The van der Waals surface area contributed by atoms with Gasteiger partial charge in [-0.3, -0.25) is 9.80 Å². The molecule has 1 unspecified atom stereocenters. The van der Waals surface area contributed by atoms with Crippen molar-refractivity contribution >= 4 is 27.4 Å². The van der Waals surface area contributed by atoms with Crippen LogP contribution < -0.4 is 14.4 Å². The Bertz CT molecular complexity index is 1350. The third-order valence-corrected chi connectivity index (χ3v) is 8.59. The Morgan fingerprint density at radius 1 is 0.865 bits per heavy atom. The monoisotopic (exact) mass is 521 g/mol. The molecule has 1 fully saturated rings. The zero-order valence-electron chi connectivity index (χ0n) is 20.8. The minimum absolute atomic E-state index is 0.0799. The molecule has 1 atom stereocenters. The number of para-hydroxylation sites is 4. The van der Waals surface area contributed by atoms with Crippen molar-refractivity contribution in [2.45, 2.75) is 30.3 Å². The summed E-state index contributed by atoms with van der Waals surface area (Å²) in [4.78, 5) is 17.4. The van der Waals surface area contributed by atoms with Crippen molar-refractivity contribution in [3.8, 4) is 11.5 Å². The van der Waals surface area contributed by atoms with Crippen LogP contribution in [0, 0.1) is 0 Å². The van der Waals surface area contributed by atoms with Gasteiger partial charge in [-0.2, -0.15) is 0 Å². The maximum absolute atomic E-state index is 13.5. The van der Waals surface area contributed by atoms with Gasteiger partial charge in [0.25, 0.3) is 10.0 Å². The van der Waals surface area contributed by atoms with Crippen molar-refractivity contribution in [1.29, 1.82) is 0 Å². The minimum Gasteiger partial charge on any atom is -0.493 e. The number of ether oxygens (including phenoxy) is 2. The molecular formula is C28H31N3O5S. The van der Waals surface area contributed by atoms with Gasteiger partial charge in [-0.25, -0.2) is 17.5 Å². The zero-order valence-corrected chi connectivity index (χ0v) is 21.6. The number of carbonyl (C=O) groups excluding carboxylic acids is 1. The lowest BCUT2D eigenvalue weighted by atomic mass is 10.2. The number of anilines is 2. The summed E-state index contributed by atoms with van der Waals surface area (Å²) in [5.74, 6) is 1.47. The maximum Gasteiger partial charge on any atom is 0.343 e. The molecule has 0 aromatic heterocycles. The third kappa shape index (κ3) is 5.14. The highest BCUT2D eigenvalue weighted by atomic mass is 32.2. The SMILES string of the molecule is COc1ccccc1OC1CCN(CCCCN2C(=O)N(c3ccccc3)c3ccccc3S2(=O)=O)C1. The predicted molar refractivity (Wildman–Crippen MR) is 142 cm³/mol. The van der Waals surface area contributed by atoms with E-state index in [2.05, 4.69) is 4.90 Å². The van der Waals surface area contributed by atoms with E-state index in [4.69, 9.17) is 9.47 Å². The van der Waals surface area contributed by atoms with Gasteiger partial charge in [-0.15, -0.1) is 0 Å².